The van der Waals surface area contributed by atoms with Crippen LogP contribution >= 0.6 is 0 Å². The molecule has 1 N–H and O–H groups in total. The van der Waals surface area contributed by atoms with Gasteiger partial charge < -0.3 is 10.1 Å². The average Bonchev–Trinajstić information content (AvgIpc) is 2.52. The molecule has 0 bridgehead atoms. The maximum absolute atomic E-state index is 11.4. The van der Waals surface area contributed by atoms with Gasteiger partial charge in [0.15, 0.2) is 6.61 Å². The van der Waals surface area contributed by atoms with Crippen molar-refractivity contribution in [3.05, 3.63) is 58.0 Å². The molecule has 1 amide bonds. The topological polar surface area (TPSA) is 67.8 Å². The third kappa shape index (κ3) is 2.88. The lowest BCUT2D eigenvalue weighted by atomic mass is 10.1. The quantitative estimate of drug-likeness (QED) is 0.689. The molecule has 1 aliphatic heterocycles. The van der Waals surface area contributed by atoms with E-state index >= 15 is 0 Å². The Labute approximate surface area is 127 Å². The average molecular weight is 294 g/mol. The Balaban J connectivity index is 1.90. The lowest BCUT2D eigenvalue weighted by Gasteiger charge is -2.20. The first-order valence-electron chi connectivity index (χ1n) is 6.84. The fourth-order valence-electron chi connectivity index (χ4n) is 2.38. The van der Waals surface area contributed by atoms with E-state index in [1.165, 1.54) is 0 Å². The molecule has 22 heavy (non-hydrogen) atoms. The summed E-state index contributed by atoms with van der Waals surface area (Å²) in [6.07, 6.45) is 3.80. The number of fused-ring (bicyclic) bond motifs is 1. The smallest absolute Gasteiger partial charge is 0.262 e. The predicted molar refractivity (Wildman–Crippen MR) is 86.1 cm³/mol. The molecule has 0 radical (unpaired) electrons. The van der Waals surface area contributed by atoms with Crippen LogP contribution in [-0.4, -0.2) is 12.5 Å². The molecule has 0 atom stereocenters. The van der Waals surface area contributed by atoms with Gasteiger partial charge in [0.1, 0.15) is 11.4 Å². The molecule has 0 saturated carbocycles. The Morgan fingerprint density at radius 2 is 2.00 bits per heavy atom. The molecule has 0 spiro atoms. The van der Waals surface area contributed by atoms with Gasteiger partial charge in [-0.1, -0.05) is 24.3 Å². The van der Waals surface area contributed by atoms with E-state index in [4.69, 9.17) is 4.74 Å². The summed E-state index contributed by atoms with van der Waals surface area (Å²) >= 11 is 0. The van der Waals surface area contributed by atoms with Gasteiger partial charge in [-0.15, -0.1) is 4.91 Å². The van der Waals surface area contributed by atoms with Crippen LogP contribution in [0.5, 0.6) is 5.75 Å². The van der Waals surface area contributed by atoms with Crippen LogP contribution in [0.25, 0.3) is 12.2 Å². The Morgan fingerprint density at radius 3 is 2.82 bits per heavy atom. The number of rotatable bonds is 3. The number of hydrogen-bond donors (Lipinski definition) is 1. The van der Waals surface area contributed by atoms with Crippen molar-refractivity contribution in [3.63, 3.8) is 0 Å². The molecule has 1 heterocycles. The molecule has 0 fully saturated rings. The number of amides is 1. The van der Waals surface area contributed by atoms with E-state index in [0.717, 1.165) is 16.7 Å². The summed E-state index contributed by atoms with van der Waals surface area (Å²) in [5.74, 6) is 0.557. The van der Waals surface area contributed by atoms with Gasteiger partial charge in [0.25, 0.3) is 5.91 Å². The minimum atomic E-state index is -0.155. The molecule has 3 rings (SSSR count). The predicted octanol–water partition coefficient (Wildman–Crippen LogP) is 3.89. The number of aryl methyl sites for hydroxylation is 1. The fraction of sp³-hybridized carbons (Fsp3) is 0.118. The minimum absolute atomic E-state index is 0.0501. The summed E-state index contributed by atoms with van der Waals surface area (Å²) in [4.78, 5) is 21.9. The van der Waals surface area contributed by atoms with E-state index in [9.17, 15) is 9.70 Å². The van der Waals surface area contributed by atoms with E-state index < -0.39 is 0 Å². The maximum atomic E-state index is 11.4. The molecular weight excluding hydrogens is 280 g/mol. The van der Waals surface area contributed by atoms with Crippen molar-refractivity contribution in [1.29, 1.82) is 0 Å². The Hall–Kier alpha value is -2.95. The van der Waals surface area contributed by atoms with Crippen LogP contribution in [-0.2, 0) is 4.79 Å². The van der Waals surface area contributed by atoms with Crippen LogP contribution < -0.4 is 10.1 Å². The zero-order valence-corrected chi connectivity index (χ0v) is 12.0. The van der Waals surface area contributed by atoms with Gasteiger partial charge in [-0.3, -0.25) is 4.79 Å². The first-order chi connectivity index (χ1) is 10.7. The SMILES string of the molecule is Cc1cc(/C=C/c2cccc(N=O)c2)cc2c1OCC(=O)N2. The molecule has 5 nitrogen and oxygen atoms in total. The second kappa shape index (κ2) is 5.81. The molecule has 110 valence electrons. The number of anilines is 1. The summed E-state index contributed by atoms with van der Waals surface area (Å²) in [7, 11) is 0. The van der Waals surface area contributed by atoms with E-state index in [1.54, 1.807) is 18.2 Å². The van der Waals surface area contributed by atoms with Gasteiger partial charge in [-0.25, -0.2) is 0 Å². The Kier molecular flexibility index (Phi) is 3.70. The van der Waals surface area contributed by atoms with Gasteiger partial charge in [0.2, 0.25) is 0 Å². The highest BCUT2D eigenvalue weighted by atomic mass is 16.5. The first kappa shape index (κ1) is 14.0. The van der Waals surface area contributed by atoms with Crippen molar-refractivity contribution < 1.29 is 9.53 Å². The van der Waals surface area contributed by atoms with Crippen molar-refractivity contribution >= 4 is 29.4 Å². The van der Waals surface area contributed by atoms with Gasteiger partial charge in [-0.05, 0) is 53.1 Å². The number of benzene rings is 2. The Bertz CT molecular complexity index is 781. The summed E-state index contributed by atoms with van der Waals surface area (Å²) in [6.45, 7) is 1.99. The van der Waals surface area contributed by atoms with E-state index in [-0.39, 0.29) is 12.5 Å². The van der Waals surface area contributed by atoms with Crippen LogP contribution in [0, 0.1) is 11.8 Å². The van der Waals surface area contributed by atoms with E-state index in [2.05, 4.69) is 10.5 Å². The highest BCUT2D eigenvalue weighted by Gasteiger charge is 2.17. The summed E-state index contributed by atoms with van der Waals surface area (Å²) in [5.41, 5.74) is 3.85. The van der Waals surface area contributed by atoms with E-state index in [1.807, 2.05) is 37.3 Å². The number of ether oxygens (including phenoxy) is 1. The Morgan fingerprint density at radius 1 is 1.18 bits per heavy atom. The van der Waals surface area contributed by atoms with Crippen LogP contribution in [0.2, 0.25) is 0 Å². The number of carbonyl (C=O) groups is 1. The van der Waals surface area contributed by atoms with Gasteiger partial charge in [0.05, 0.1) is 5.69 Å². The van der Waals surface area contributed by atoms with Crippen LogP contribution in [0.4, 0.5) is 11.4 Å². The molecular formula is C17H14N2O3. The largest absolute Gasteiger partial charge is 0.481 e. The van der Waals surface area contributed by atoms with Gasteiger partial charge in [0, 0.05) is 0 Å². The van der Waals surface area contributed by atoms with Crippen LogP contribution in [0.1, 0.15) is 16.7 Å². The van der Waals surface area contributed by atoms with E-state index in [0.29, 0.717) is 17.1 Å². The number of nitrogens with one attached hydrogen (secondary N) is 1. The number of hydrogen-bond acceptors (Lipinski definition) is 4. The molecule has 0 saturated heterocycles. The van der Waals surface area contributed by atoms with Crippen molar-refractivity contribution in [2.24, 2.45) is 5.18 Å². The molecule has 1 aliphatic rings. The van der Waals surface area contributed by atoms with Crippen LogP contribution in [0.15, 0.2) is 41.6 Å². The molecule has 2 aromatic carbocycles. The number of carbonyl (C=O) groups excluding carboxylic acids is 1. The highest BCUT2D eigenvalue weighted by molar-refractivity contribution is 5.96. The minimum Gasteiger partial charge on any atom is -0.481 e. The maximum Gasteiger partial charge on any atom is 0.262 e. The van der Waals surface area contributed by atoms with Gasteiger partial charge in [-0.2, -0.15) is 0 Å². The fourth-order valence-corrected chi connectivity index (χ4v) is 2.38. The van der Waals surface area contributed by atoms with Gasteiger partial charge >= 0.3 is 0 Å². The molecule has 5 heteroatoms. The molecule has 0 unspecified atom stereocenters. The normalized spacial score (nSPS) is 13.4. The third-order valence-corrected chi connectivity index (χ3v) is 3.36. The first-order valence-corrected chi connectivity index (χ1v) is 6.84. The third-order valence-electron chi connectivity index (χ3n) is 3.36. The molecule has 0 aromatic heterocycles. The number of nitroso groups, excluding NO2 is 1. The van der Waals surface area contributed by atoms with Crippen molar-refractivity contribution in [2.45, 2.75) is 6.92 Å². The monoisotopic (exact) mass is 294 g/mol. The lowest BCUT2D eigenvalue weighted by Crippen LogP contribution is -2.25. The van der Waals surface area contributed by atoms with Crippen molar-refractivity contribution in [2.75, 3.05) is 11.9 Å². The highest BCUT2D eigenvalue weighted by Crippen LogP contribution is 2.33. The molecule has 2 aromatic rings. The van der Waals surface area contributed by atoms with Crippen LogP contribution in [0.3, 0.4) is 0 Å². The lowest BCUT2D eigenvalue weighted by molar-refractivity contribution is -0.118. The number of nitrogens with zero attached hydrogens (tertiary/aromatic N) is 1. The second-order valence-corrected chi connectivity index (χ2v) is 5.07. The summed E-state index contributed by atoms with van der Waals surface area (Å²) in [5, 5.41) is 5.72. The molecule has 0 aliphatic carbocycles. The van der Waals surface area contributed by atoms with Crippen molar-refractivity contribution in [1.82, 2.24) is 0 Å². The van der Waals surface area contributed by atoms with Crippen molar-refractivity contribution in [3.8, 4) is 5.75 Å². The zero-order chi connectivity index (χ0) is 15.5. The summed E-state index contributed by atoms with van der Waals surface area (Å²) in [6, 6.07) is 10.9. The summed E-state index contributed by atoms with van der Waals surface area (Å²) < 4.78 is 5.43. The second-order valence-electron chi connectivity index (χ2n) is 5.07. The zero-order valence-electron chi connectivity index (χ0n) is 12.0. The standard InChI is InChI=1S/C17H14N2O3/c1-11-7-13(9-15-17(11)22-10-16(20)18-15)6-5-12-3-2-4-14(8-12)19-21/h2-9H,10H2,1H3,(H,18,20)/b6-5+.